The Balaban J connectivity index is 2.01. The SMILES string of the molecule is CNCCC=Cc1ccc(-c2nn[nH]n2)cc1. The molecule has 2 aromatic rings. The van der Waals surface area contributed by atoms with Gasteiger partial charge in [-0.1, -0.05) is 36.4 Å². The molecule has 0 radical (unpaired) electrons. The summed E-state index contributed by atoms with van der Waals surface area (Å²) in [4.78, 5) is 0. The van der Waals surface area contributed by atoms with Crippen molar-refractivity contribution in [2.24, 2.45) is 0 Å². The molecule has 0 amide bonds. The molecule has 0 aliphatic carbocycles. The fourth-order valence-electron chi connectivity index (χ4n) is 1.47. The molecule has 5 nitrogen and oxygen atoms in total. The normalized spacial score (nSPS) is 11.1. The Bertz CT molecular complexity index is 458. The molecule has 0 aliphatic heterocycles. The Kier molecular flexibility index (Phi) is 3.99. The Morgan fingerprint density at radius 3 is 2.76 bits per heavy atom. The monoisotopic (exact) mass is 229 g/mol. The molecule has 0 fully saturated rings. The summed E-state index contributed by atoms with van der Waals surface area (Å²) in [5.74, 6) is 0.621. The van der Waals surface area contributed by atoms with Crippen LogP contribution in [0.25, 0.3) is 17.5 Å². The molecule has 0 unspecified atom stereocenters. The number of hydrogen-bond donors (Lipinski definition) is 2. The van der Waals surface area contributed by atoms with Gasteiger partial charge in [0.05, 0.1) is 0 Å². The number of benzene rings is 1. The van der Waals surface area contributed by atoms with Crippen LogP contribution in [0.5, 0.6) is 0 Å². The van der Waals surface area contributed by atoms with Crippen LogP contribution < -0.4 is 5.32 Å². The van der Waals surface area contributed by atoms with Gasteiger partial charge < -0.3 is 5.32 Å². The molecule has 2 N–H and O–H groups in total. The maximum absolute atomic E-state index is 3.93. The first kappa shape index (κ1) is 11.5. The maximum Gasteiger partial charge on any atom is 0.204 e. The third-order valence-corrected chi connectivity index (χ3v) is 2.39. The molecule has 1 aromatic carbocycles. The van der Waals surface area contributed by atoms with Crippen molar-refractivity contribution in [2.75, 3.05) is 13.6 Å². The van der Waals surface area contributed by atoms with Gasteiger partial charge >= 0.3 is 0 Å². The number of tetrazole rings is 1. The summed E-state index contributed by atoms with van der Waals surface area (Å²) in [6.07, 6.45) is 5.29. The molecular weight excluding hydrogens is 214 g/mol. The first-order chi connectivity index (χ1) is 8.40. The lowest BCUT2D eigenvalue weighted by Gasteiger charge is -1.96. The summed E-state index contributed by atoms with van der Waals surface area (Å²) in [5.41, 5.74) is 2.14. The lowest BCUT2D eigenvalue weighted by molar-refractivity contribution is 0.809. The molecule has 2 rings (SSSR count). The minimum absolute atomic E-state index is 0.621. The average molecular weight is 229 g/mol. The number of aromatic nitrogens is 4. The van der Waals surface area contributed by atoms with Crippen molar-refractivity contribution in [1.29, 1.82) is 0 Å². The van der Waals surface area contributed by atoms with Crippen molar-refractivity contribution in [3.63, 3.8) is 0 Å². The van der Waals surface area contributed by atoms with Crippen LogP contribution in [0.2, 0.25) is 0 Å². The number of H-pyrrole nitrogens is 1. The first-order valence-electron chi connectivity index (χ1n) is 5.55. The van der Waals surface area contributed by atoms with Crippen LogP contribution in [-0.4, -0.2) is 34.2 Å². The van der Waals surface area contributed by atoms with Gasteiger partial charge in [-0.2, -0.15) is 5.21 Å². The summed E-state index contributed by atoms with van der Waals surface area (Å²) in [6.45, 7) is 0.997. The van der Waals surface area contributed by atoms with Crippen molar-refractivity contribution in [2.45, 2.75) is 6.42 Å². The van der Waals surface area contributed by atoms with E-state index < -0.39 is 0 Å². The quantitative estimate of drug-likeness (QED) is 0.762. The van der Waals surface area contributed by atoms with Crippen molar-refractivity contribution in [1.82, 2.24) is 25.9 Å². The number of nitrogens with zero attached hydrogens (tertiary/aromatic N) is 3. The zero-order chi connectivity index (χ0) is 11.9. The summed E-state index contributed by atoms with van der Waals surface area (Å²) < 4.78 is 0. The predicted octanol–water partition coefficient (Wildman–Crippen LogP) is 1.49. The second-order valence-corrected chi connectivity index (χ2v) is 3.65. The molecule has 88 valence electrons. The van der Waals surface area contributed by atoms with Crippen LogP contribution in [-0.2, 0) is 0 Å². The smallest absolute Gasteiger partial charge is 0.204 e. The van der Waals surface area contributed by atoms with Crippen molar-refractivity contribution < 1.29 is 0 Å². The van der Waals surface area contributed by atoms with Gasteiger partial charge in [-0.3, -0.25) is 0 Å². The van der Waals surface area contributed by atoms with Crippen LogP contribution in [0, 0.1) is 0 Å². The molecule has 1 aromatic heterocycles. The number of rotatable bonds is 5. The van der Waals surface area contributed by atoms with E-state index in [1.165, 1.54) is 5.56 Å². The molecule has 0 spiro atoms. The first-order valence-corrected chi connectivity index (χ1v) is 5.55. The molecule has 0 bridgehead atoms. The van der Waals surface area contributed by atoms with Gasteiger partial charge in [0.2, 0.25) is 5.82 Å². The van der Waals surface area contributed by atoms with Gasteiger partial charge in [0.25, 0.3) is 0 Å². The summed E-state index contributed by atoms with van der Waals surface area (Å²) in [7, 11) is 1.95. The van der Waals surface area contributed by atoms with Crippen molar-refractivity contribution in [3.8, 4) is 11.4 Å². The maximum atomic E-state index is 3.93. The van der Waals surface area contributed by atoms with Crippen molar-refractivity contribution >= 4 is 6.08 Å². The predicted molar refractivity (Wildman–Crippen MR) is 67.2 cm³/mol. The molecule has 1 heterocycles. The van der Waals surface area contributed by atoms with E-state index in [0.717, 1.165) is 18.5 Å². The van der Waals surface area contributed by atoms with Crippen LogP contribution >= 0.6 is 0 Å². The Morgan fingerprint density at radius 1 is 1.29 bits per heavy atom. The third kappa shape index (κ3) is 3.22. The largest absolute Gasteiger partial charge is 0.319 e. The fraction of sp³-hybridized carbons (Fsp3) is 0.250. The zero-order valence-electron chi connectivity index (χ0n) is 9.72. The highest BCUT2D eigenvalue weighted by Crippen LogP contribution is 2.14. The lowest BCUT2D eigenvalue weighted by Crippen LogP contribution is -2.05. The standard InChI is InChI=1S/C12H15N5/c1-13-9-3-2-4-10-5-7-11(8-6-10)12-14-16-17-15-12/h2,4-8,13H,3,9H2,1H3,(H,14,15,16,17). The second-order valence-electron chi connectivity index (χ2n) is 3.65. The van der Waals surface area contributed by atoms with Gasteiger partial charge in [-0.25, -0.2) is 0 Å². The highest BCUT2D eigenvalue weighted by Gasteiger charge is 2.00. The molecule has 17 heavy (non-hydrogen) atoms. The molecule has 0 atom stereocenters. The van der Waals surface area contributed by atoms with E-state index in [4.69, 9.17) is 0 Å². The van der Waals surface area contributed by atoms with E-state index in [9.17, 15) is 0 Å². The number of hydrogen-bond acceptors (Lipinski definition) is 4. The fourth-order valence-corrected chi connectivity index (χ4v) is 1.47. The topological polar surface area (TPSA) is 66.5 Å². The van der Waals surface area contributed by atoms with Crippen LogP contribution in [0.3, 0.4) is 0 Å². The van der Waals surface area contributed by atoms with E-state index in [1.807, 2.05) is 31.3 Å². The molecular formula is C12H15N5. The Hall–Kier alpha value is -2.01. The second kappa shape index (κ2) is 5.91. The van der Waals surface area contributed by atoms with Gasteiger partial charge in [0, 0.05) is 5.56 Å². The Morgan fingerprint density at radius 2 is 2.12 bits per heavy atom. The number of aromatic amines is 1. The highest BCUT2D eigenvalue weighted by molar-refractivity contribution is 5.59. The van der Waals surface area contributed by atoms with Crippen LogP contribution in [0.4, 0.5) is 0 Å². The van der Waals surface area contributed by atoms with E-state index in [0.29, 0.717) is 5.82 Å². The van der Waals surface area contributed by atoms with Gasteiger partial charge in [-0.15, -0.1) is 10.2 Å². The summed E-state index contributed by atoms with van der Waals surface area (Å²) in [6, 6.07) is 8.06. The van der Waals surface area contributed by atoms with Crippen LogP contribution in [0.1, 0.15) is 12.0 Å². The average Bonchev–Trinajstić information content (AvgIpc) is 2.89. The van der Waals surface area contributed by atoms with Crippen LogP contribution in [0.15, 0.2) is 30.3 Å². The number of nitrogens with one attached hydrogen (secondary N) is 2. The minimum atomic E-state index is 0.621. The van der Waals surface area contributed by atoms with E-state index in [1.54, 1.807) is 0 Å². The minimum Gasteiger partial charge on any atom is -0.319 e. The lowest BCUT2D eigenvalue weighted by atomic mass is 10.1. The van der Waals surface area contributed by atoms with Gasteiger partial charge in [0.15, 0.2) is 0 Å². The van der Waals surface area contributed by atoms with Gasteiger partial charge in [0.1, 0.15) is 0 Å². The van der Waals surface area contributed by atoms with E-state index in [-0.39, 0.29) is 0 Å². The van der Waals surface area contributed by atoms with Gasteiger partial charge in [-0.05, 0) is 30.8 Å². The zero-order valence-corrected chi connectivity index (χ0v) is 9.72. The highest BCUT2D eigenvalue weighted by atomic mass is 15.5. The summed E-state index contributed by atoms with van der Waals surface area (Å²) in [5, 5.41) is 16.9. The van der Waals surface area contributed by atoms with Crippen molar-refractivity contribution in [3.05, 3.63) is 35.9 Å². The molecule has 0 saturated carbocycles. The third-order valence-electron chi connectivity index (χ3n) is 2.39. The molecule has 0 aliphatic rings. The van der Waals surface area contributed by atoms with E-state index in [2.05, 4.69) is 38.1 Å². The van der Waals surface area contributed by atoms with E-state index >= 15 is 0 Å². The summed E-state index contributed by atoms with van der Waals surface area (Å²) >= 11 is 0. The molecule has 5 heteroatoms. The molecule has 0 saturated heterocycles. The Labute approximate surface area is 99.9 Å².